The highest BCUT2D eigenvalue weighted by Crippen LogP contribution is 2.56. The van der Waals surface area contributed by atoms with Crippen molar-refractivity contribution in [1.82, 2.24) is 0 Å². The highest BCUT2D eigenvalue weighted by Gasteiger charge is 2.50. The van der Waals surface area contributed by atoms with E-state index < -0.39 is 0 Å². The molecule has 0 atom stereocenters. The Morgan fingerprint density at radius 3 is 1.56 bits per heavy atom. The topological polar surface area (TPSA) is 6.48 Å². The summed E-state index contributed by atoms with van der Waals surface area (Å²) < 4.78 is 0. The molecule has 350 valence electrons. The van der Waals surface area contributed by atoms with Gasteiger partial charge in [0.05, 0.1) is 0 Å². The van der Waals surface area contributed by atoms with Gasteiger partial charge in [0.1, 0.15) is 0 Å². The smallest absolute Gasteiger partial charge is 0.252 e. The zero-order valence-corrected chi connectivity index (χ0v) is 44.7. The predicted molar refractivity (Wildman–Crippen MR) is 294 cm³/mol. The van der Waals surface area contributed by atoms with Crippen molar-refractivity contribution in [3.63, 3.8) is 0 Å². The van der Waals surface area contributed by atoms with Gasteiger partial charge in [-0.1, -0.05) is 158 Å². The number of rotatable bonds is 4. The molecule has 11 rings (SSSR count). The van der Waals surface area contributed by atoms with Gasteiger partial charge in [0.25, 0.3) is 6.71 Å². The second-order valence-corrected chi connectivity index (χ2v) is 26.8. The van der Waals surface area contributed by atoms with E-state index in [1.54, 1.807) is 5.56 Å². The van der Waals surface area contributed by atoms with E-state index in [1.165, 1.54) is 132 Å². The van der Waals surface area contributed by atoms with E-state index in [9.17, 15) is 0 Å². The molecule has 0 saturated carbocycles. The lowest BCUT2D eigenvalue weighted by Crippen LogP contribution is -2.62. The molecule has 3 heteroatoms. The Labute approximate surface area is 411 Å². The maximum Gasteiger partial charge on any atom is 0.252 e. The Bertz CT molecular complexity index is 3120. The van der Waals surface area contributed by atoms with Crippen LogP contribution >= 0.6 is 0 Å². The number of hydrogen-bond acceptors (Lipinski definition) is 2. The third-order valence-electron chi connectivity index (χ3n) is 18.8. The maximum atomic E-state index is 2.75. The number of nitrogens with zero attached hydrogens (tertiary/aromatic N) is 2. The van der Waals surface area contributed by atoms with Crippen molar-refractivity contribution >= 4 is 57.2 Å². The SMILES string of the molecule is Cc1cc2c3c(c1)N(c1ccc4c(c1C)C(C)(C)CCC4(C)C)c1cc4c(cc1B3c1cc(C(C)(C)c3ccccc3)ccc1N2c1cc2c(cc1C)C(C)(C)CCC2(C)C)C(C)(C)CC4(C)C. The van der Waals surface area contributed by atoms with Gasteiger partial charge >= 0.3 is 0 Å². The first-order chi connectivity index (χ1) is 31.7. The number of aryl methyl sites for hydroxylation is 2. The van der Waals surface area contributed by atoms with Crippen molar-refractivity contribution < 1.29 is 0 Å². The normalized spacial score (nSPS) is 20.5. The molecule has 5 aliphatic rings. The van der Waals surface area contributed by atoms with Crippen LogP contribution in [0, 0.1) is 20.8 Å². The molecule has 2 aliphatic heterocycles. The minimum Gasteiger partial charge on any atom is -0.311 e. The zero-order chi connectivity index (χ0) is 48.6. The molecule has 2 heterocycles. The number of anilines is 6. The van der Waals surface area contributed by atoms with E-state index in [2.05, 4.69) is 225 Å². The molecular formula is C65H77BN2. The van der Waals surface area contributed by atoms with Crippen LogP contribution in [0.2, 0.25) is 0 Å². The van der Waals surface area contributed by atoms with Crippen LogP contribution < -0.4 is 26.2 Å². The van der Waals surface area contributed by atoms with Crippen molar-refractivity contribution in [2.24, 2.45) is 0 Å². The summed E-state index contributed by atoms with van der Waals surface area (Å²) in [6.45, 7) is 41.8. The molecule has 0 amide bonds. The van der Waals surface area contributed by atoms with Gasteiger partial charge in [-0.2, -0.15) is 0 Å². The Morgan fingerprint density at radius 1 is 0.426 bits per heavy atom. The van der Waals surface area contributed by atoms with Gasteiger partial charge < -0.3 is 9.80 Å². The van der Waals surface area contributed by atoms with Crippen LogP contribution in [0.1, 0.15) is 190 Å². The monoisotopic (exact) mass is 897 g/mol. The van der Waals surface area contributed by atoms with Gasteiger partial charge in [0, 0.05) is 39.5 Å². The van der Waals surface area contributed by atoms with Crippen molar-refractivity contribution in [2.75, 3.05) is 9.80 Å². The summed E-state index contributed by atoms with van der Waals surface area (Å²) in [6.07, 6.45) is 5.91. The summed E-state index contributed by atoms with van der Waals surface area (Å²) in [7, 11) is 0. The van der Waals surface area contributed by atoms with E-state index in [-0.39, 0.29) is 44.6 Å². The minimum absolute atomic E-state index is 0.0380. The van der Waals surface area contributed by atoms with E-state index in [0.29, 0.717) is 0 Å². The van der Waals surface area contributed by atoms with Crippen LogP contribution in [-0.2, 0) is 37.9 Å². The molecule has 0 bridgehead atoms. The molecule has 3 aliphatic carbocycles. The molecule has 0 aromatic heterocycles. The standard InChI is InChI=1S/C65H77BN2/c1-39-31-55-58-56(32-39)68(53-36-47-45(33-40(53)2)60(6,7)27-28-61(47,8)9)52-25-23-43(65(16,17)42-21-19-18-20-22-42)34-49(52)66(58)50-35-46-48(64(14,15)38-63(46,12)13)37-54(50)67(55)51-26-24-44-57(41(51)3)62(10,11)30-29-59(44,4)5/h18-26,31-37H,27-30,38H2,1-17H3. The summed E-state index contributed by atoms with van der Waals surface area (Å²) >= 11 is 0. The largest absolute Gasteiger partial charge is 0.311 e. The van der Waals surface area contributed by atoms with E-state index in [4.69, 9.17) is 0 Å². The van der Waals surface area contributed by atoms with E-state index in [1.807, 2.05) is 0 Å². The van der Waals surface area contributed by atoms with Gasteiger partial charge in [-0.25, -0.2) is 0 Å². The van der Waals surface area contributed by atoms with Crippen LogP contribution in [0.4, 0.5) is 34.1 Å². The summed E-state index contributed by atoms with van der Waals surface area (Å²) in [5, 5.41) is 0. The average molecular weight is 897 g/mol. The lowest BCUT2D eigenvalue weighted by molar-refractivity contribution is 0.330. The Balaban J connectivity index is 1.27. The van der Waals surface area contributed by atoms with E-state index in [0.717, 1.165) is 6.42 Å². The van der Waals surface area contributed by atoms with Gasteiger partial charge in [-0.15, -0.1) is 0 Å². The Kier molecular flexibility index (Phi) is 9.55. The van der Waals surface area contributed by atoms with Gasteiger partial charge in [-0.3, -0.25) is 0 Å². The van der Waals surface area contributed by atoms with Crippen LogP contribution in [0.5, 0.6) is 0 Å². The number of benzene rings is 6. The molecule has 0 N–H and O–H groups in total. The highest BCUT2D eigenvalue weighted by atomic mass is 15.2. The van der Waals surface area contributed by atoms with Gasteiger partial charge in [0.15, 0.2) is 0 Å². The quantitative estimate of drug-likeness (QED) is 0.162. The molecule has 0 spiro atoms. The highest BCUT2D eigenvalue weighted by molar-refractivity contribution is 7.00. The lowest BCUT2D eigenvalue weighted by atomic mass is 9.33. The fourth-order valence-corrected chi connectivity index (χ4v) is 14.7. The zero-order valence-electron chi connectivity index (χ0n) is 44.7. The van der Waals surface area contributed by atoms with E-state index >= 15 is 0 Å². The maximum absolute atomic E-state index is 2.75. The number of hydrogen-bond donors (Lipinski definition) is 0. The van der Waals surface area contributed by atoms with Crippen molar-refractivity contribution in [1.29, 1.82) is 0 Å². The van der Waals surface area contributed by atoms with Crippen molar-refractivity contribution in [3.05, 3.63) is 158 Å². The summed E-state index contributed by atoms with van der Waals surface area (Å²) in [5.41, 5.74) is 28.4. The number of fused-ring (bicyclic) bond motifs is 7. The molecule has 0 radical (unpaired) electrons. The fourth-order valence-electron chi connectivity index (χ4n) is 14.7. The second kappa shape index (κ2) is 14.3. The van der Waals surface area contributed by atoms with Gasteiger partial charge in [0.2, 0.25) is 0 Å². The van der Waals surface area contributed by atoms with Crippen LogP contribution in [-0.4, -0.2) is 6.71 Å². The lowest BCUT2D eigenvalue weighted by Gasteiger charge is -2.48. The first kappa shape index (κ1) is 45.4. The molecular weight excluding hydrogens is 820 g/mol. The molecule has 68 heavy (non-hydrogen) atoms. The van der Waals surface area contributed by atoms with Crippen LogP contribution in [0.15, 0.2) is 97.1 Å². The van der Waals surface area contributed by atoms with Crippen molar-refractivity contribution in [3.8, 4) is 0 Å². The molecule has 6 aromatic carbocycles. The molecule has 2 nitrogen and oxygen atoms in total. The van der Waals surface area contributed by atoms with Crippen molar-refractivity contribution in [2.45, 2.75) is 188 Å². The minimum atomic E-state index is -0.205. The second-order valence-electron chi connectivity index (χ2n) is 26.8. The molecule has 0 fully saturated rings. The summed E-state index contributed by atoms with van der Waals surface area (Å²) in [5.74, 6) is 0. The molecule has 0 unspecified atom stereocenters. The Morgan fingerprint density at radius 2 is 0.926 bits per heavy atom. The third-order valence-corrected chi connectivity index (χ3v) is 18.8. The molecule has 6 aromatic rings. The molecule has 0 saturated heterocycles. The summed E-state index contributed by atoms with van der Waals surface area (Å²) in [4.78, 5) is 5.46. The average Bonchev–Trinajstić information content (AvgIpc) is 3.45. The van der Waals surface area contributed by atoms with Crippen LogP contribution in [0.25, 0.3) is 0 Å². The van der Waals surface area contributed by atoms with Crippen LogP contribution in [0.3, 0.4) is 0 Å². The Hall–Kier alpha value is -5.02. The first-order valence-corrected chi connectivity index (χ1v) is 26.1. The predicted octanol–water partition coefficient (Wildman–Crippen LogP) is 15.7. The summed E-state index contributed by atoms with van der Waals surface area (Å²) in [6, 6.07) is 39.4. The van der Waals surface area contributed by atoms with Gasteiger partial charge in [-0.05, 0) is 199 Å². The fraction of sp³-hybridized carbons (Fsp3) is 0.446. The first-order valence-electron chi connectivity index (χ1n) is 26.1. The third kappa shape index (κ3) is 6.41.